The van der Waals surface area contributed by atoms with Crippen LogP contribution in [0, 0.1) is 5.92 Å². The maximum atomic E-state index is 13.5. The Labute approximate surface area is 185 Å². The van der Waals surface area contributed by atoms with E-state index < -0.39 is 6.67 Å². The molecule has 1 aliphatic heterocycles. The van der Waals surface area contributed by atoms with E-state index in [0.717, 1.165) is 23.0 Å². The number of carbonyl (C=O) groups is 1. The van der Waals surface area contributed by atoms with Crippen LogP contribution < -0.4 is 10.6 Å². The molecule has 1 unspecified atom stereocenters. The highest BCUT2D eigenvalue weighted by molar-refractivity contribution is 6.54. The van der Waals surface area contributed by atoms with Crippen molar-refractivity contribution in [2.24, 2.45) is 16.8 Å². The number of hydrogen-bond donors (Lipinski definition) is 2. The molecule has 8 nitrogen and oxygen atoms in total. The molecule has 9 heteroatoms. The van der Waals surface area contributed by atoms with Gasteiger partial charge in [0.25, 0.3) is 5.91 Å². The number of amides is 1. The predicted molar refractivity (Wildman–Crippen MR) is 121 cm³/mol. The third-order valence-electron chi connectivity index (χ3n) is 5.46. The molecule has 3 heterocycles. The standard InChI is InChI=1S/C23H27FN6O2/c1-14(2)5-8-19(21-27-17-7-6-15(13-25)12-18(17)28-21)30-22-16(4-3-10-26-22)20(23(30)31)29-32-11-9-24/h3-4,6-7,10,12,14,19H,5,8-9,11,13,25H2,1-2H3,(H,27,28). The van der Waals surface area contributed by atoms with Crippen LogP contribution in [-0.2, 0) is 16.2 Å². The summed E-state index contributed by atoms with van der Waals surface area (Å²) < 4.78 is 12.5. The minimum absolute atomic E-state index is 0.123. The van der Waals surface area contributed by atoms with Crippen molar-refractivity contribution >= 4 is 28.5 Å². The fraction of sp³-hybridized carbons (Fsp3) is 0.391. The number of pyridine rings is 1. The molecule has 1 atom stereocenters. The van der Waals surface area contributed by atoms with E-state index in [1.54, 1.807) is 23.2 Å². The second-order valence-corrected chi connectivity index (χ2v) is 8.18. The summed E-state index contributed by atoms with van der Waals surface area (Å²) in [6.45, 7) is 3.80. The van der Waals surface area contributed by atoms with E-state index in [1.165, 1.54) is 0 Å². The Kier molecular flexibility index (Phi) is 6.45. The van der Waals surface area contributed by atoms with Crippen LogP contribution in [-0.4, -0.2) is 39.9 Å². The van der Waals surface area contributed by atoms with Crippen molar-refractivity contribution in [1.29, 1.82) is 0 Å². The molecule has 4 rings (SSSR count). The number of carbonyl (C=O) groups excluding carboxylic acids is 1. The predicted octanol–water partition coefficient (Wildman–Crippen LogP) is 3.63. The Morgan fingerprint density at radius 3 is 2.88 bits per heavy atom. The van der Waals surface area contributed by atoms with Gasteiger partial charge in [-0.15, -0.1) is 0 Å². The highest BCUT2D eigenvalue weighted by Crippen LogP contribution is 2.37. The number of rotatable bonds is 9. The van der Waals surface area contributed by atoms with Gasteiger partial charge in [-0.05, 0) is 48.6 Å². The molecule has 3 N–H and O–H groups in total. The first-order valence-corrected chi connectivity index (χ1v) is 10.8. The zero-order chi connectivity index (χ0) is 22.7. The zero-order valence-corrected chi connectivity index (χ0v) is 18.2. The van der Waals surface area contributed by atoms with Gasteiger partial charge in [-0.1, -0.05) is 25.1 Å². The molecule has 2 aromatic heterocycles. The minimum Gasteiger partial charge on any atom is -0.392 e. The summed E-state index contributed by atoms with van der Waals surface area (Å²) in [6.07, 6.45) is 3.20. The average Bonchev–Trinajstić information content (AvgIpc) is 3.33. The van der Waals surface area contributed by atoms with Crippen LogP contribution in [0.5, 0.6) is 0 Å². The van der Waals surface area contributed by atoms with E-state index in [9.17, 15) is 9.18 Å². The molecule has 32 heavy (non-hydrogen) atoms. The summed E-state index contributed by atoms with van der Waals surface area (Å²) in [5.74, 6) is 1.27. The zero-order valence-electron chi connectivity index (χ0n) is 18.2. The first-order chi connectivity index (χ1) is 15.5. The summed E-state index contributed by atoms with van der Waals surface area (Å²) in [4.78, 5) is 32.7. The molecule has 0 spiro atoms. The molecule has 3 aromatic rings. The largest absolute Gasteiger partial charge is 0.392 e. The number of H-pyrrole nitrogens is 1. The van der Waals surface area contributed by atoms with Gasteiger partial charge in [-0.3, -0.25) is 9.69 Å². The number of alkyl halides is 1. The van der Waals surface area contributed by atoms with Crippen molar-refractivity contribution in [3.05, 3.63) is 53.5 Å². The number of anilines is 1. The van der Waals surface area contributed by atoms with Crippen LogP contribution in [0.1, 0.15) is 49.7 Å². The minimum atomic E-state index is -0.685. The van der Waals surface area contributed by atoms with Crippen molar-refractivity contribution in [3.63, 3.8) is 0 Å². The lowest BCUT2D eigenvalue weighted by Crippen LogP contribution is -2.35. The van der Waals surface area contributed by atoms with Crippen molar-refractivity contribution in [3.8, 4) is 0 Å². The fourth-order valence-corrected chi connectivity index (χ4v) is 3.86. The maximum Gasteiger partial charge on any atom is 0.282 e. The molecule has 1 amide bonds. The number of hydrogen-bond acceptors (Lipinski definition) is 6. The van der Waals surface area contributed by atoms with Crippen LogP contribution in [0.2, 0.25) is 0 Å². The first kappa shape index (κ1) is 21.9. The number of benzene rings is 1. The topological polar surface area (TPSA) is 109 Å². The molecule has 168 valence electrons. The third-order valence-corrected chi connectivity index (χ3v) is 5.46. The summed E-state index contributed by atoms with van der Waals surface area (Å²) in [6, 6.07) is 8.98. The number of oxime groups is 1. The van der Waals surface area contributed by atoms with E-state index in [0.29, 0.717) is 36.1 Å². The first-order valence-electron chi connectivity index (χ1n) is 10.8. The Balaban J connectivity index is 1.78. The van der Waals surface area contributed by atoms with Gasteiger partial charge in [0.15, 0.2) is 5.71 Å². The fourth-order valence-electron chi connectivity index (χ4n) is 3.86. The van der Waals surface area contributed by atoms with Gasteiger partial charge >= 0.3 is 0 Å². The molecule has 0 saturated carbocycles. The molecular formula is C23H27FN6O2. The van der Waals surface area contributed by atoms with Crippen molar-refractivity contribution < 1.29 is 14.0 Å². The molecule has 0 saturated heterocycles. The second-order valence-electron chi connectivity index (χ2n) is 8.18. The van der Waals surface area contributed by atoms with Crippen molar-refractivity contribution in [2.45, 2.75) is 39.3 Å². The molecular weight excluding hydrogens is 411 g/mol. The summed E-state index contributed by atoms with van der Waals surface area (Å²) in [7, 11) is 0. The summed E-state index contributed by atoms with van der Waals surface area (Å²) >= 11 is 0. The highest BCUT2D eigenvalue weighted by atomic mass is 19.1. The number of nitrogens with one attached hydrogen (secondary N) is 1. The van der Waals surface area contributed by atoms with Crippen LogP contribution in [0.4, 0.5) is 10.2 Å². The summed E-state index contributed by atoms with van der Waals surface area (Å²) in [5, 5.41) is 3.92. The highest BCUT2D eigenvalue weighted by Gasteiger charge is 2.41. The van der Waals surface area contributed by atoms with Gasteiger partial charge in [-0.25, -0.2) is 14.4 Å². The summed E-state index contributed by atoms with van der Waals surface area (Å²) in [5.41, 5.74) is 9.12. The molecule has 1 aromatic carbocycles. The van der Waals surface area contributed by atoms with Crippen LogP contribution in [0.3, 0.4) is 0 Å². The normalized spacial score (nSPS) is 15.7. The van der Waals surface area contributed by atoms with Crippen LogP contribution in [0.15, 0.2) is 41.7 Å². The quantitative estimate of drug-likeness (QED) is 0.392. The number of nitrogens with two attached hydrogens (primary N) is 1. The number of aromatic nitrogens is 3. The van der Waals surface area contributed by atoms with Crippen molar-refractivity contribution in [2.75, 3.05) is 18.2 Å². The Bertz CT molecular complexity index is 1140. The van der Waals surface area contributed by atoms with E-state index in [2.05, 4.69) is 29.0 Å². The van der Waals surface area contributed by atoms with Crippen LogP contribution >= 0.6 is 0 Å². The Morgan fingerprint density at radius 2 is 2.12 bits per heavy atom. The lowest BCUT2D eigenvalue weighted by molar-refractivity contribution is -0.113. The van der Waals surface area contributed by atoms with Gasteiger partial charge in [0.2, 0.25) is 0 Å². The van der Waals surface area contributed by atoms with E-state index in [-0.39, 0.29) is 24.3 Å². The van der Waals surface area contributed by atoms with Crippen molar-refractivity contribution in [1.82, 2.24) is 15.0 Å². The SMILES string of the molecule is CC(C)CCC(c1nc2cc(CN)ccc2[nH]1)N1C(=O)C(=NOCCF)c2cccnc21. The second kappa shape index (κ2) is 9.44. The van der Waals surface area contributed by atoms with E-state index >= 15 is 0 Å². The number of nitrogens with zero attached hydrogens (tertiary/aromatic N) is 4. The smallest absolute Gasteiger partial charge is 0.282 e. The van der Waals surface area contributed by atoms with E-state index in [1.807, 2.05) is 18.2 Å². The lowest BCUT2D eigenvalue weighted by atomic mass is 10.0. The molecule has 0 aliphatic carbocycles. The number of aromatic amines is 1. The maximum absolute atomic E-state index is 13.5. The average molecular weight is 439 g/mol. The Hall–Kier alpha value is -3.33. The van der Waals surface area contributed by atoms with Gasteiger partial charge in [0, 0.05) is 12.7 Å². The molecule has 0 fully saturated rings. The van der Waals surface area contributed by atoms with Gasteiger partial charge in [0.05, 0.1) is 22.6 Å². The van der Waals surface area contributed by atoms with Gasteiger partial charge < -0.3 is 15.6 Å². The third kappa shape index (κ3) is 4.20. The van der Waals surface area contributed by atoms with E-state index in [4.69, 9.17) is 15.6 Å². The monoisotopic (exact) mass is 438 g/mol. The van der Waals surface area contributed by atoms with Gasteiger partial charge in [0.1, 0.15) is 24.9 Å². The number of fused-ring (bicyclic) bond motifs is 2. The van der Waals surface area contributed by atoms with Crippen LogP contribution in [0.25, 0.3) is 11.0 Å². The van der Waals surface area contributed by atoms with Gasteiger partial charge in [-0.2, -0.15) is 0 Å². The molecule has 0 bridgehead atoms. The lowest BCUT2D eigenvalue weighted by Gasteiger charge is -2.26. The number of imidazole rings is 1. The number of halogens is 1. The Morgan fingerprint density at radius 1 is 1.28 bits per heavy atom. The molecule has 1 aliphatic rings. The molecule has 0 radical (unpaired) electrons.